The largest absolute Gasteiger partial charge is 0.507 e. The third-order valence-electron chi connectivity index (χ3n) is 19.8. The number of ether oxygens (including phenoxy) is 2. The Bertz CT molecular complexity index is 4840. The van der Waals surface area contributed by atoms with Gasteiger partial charge in [-0.05, 0) is 164 Å². The summed E-state index contributed by atoms with van der Waals surface area (Å²) >= 11 is 0. The normalized spacial score (nSPS) is 13.3. The van der Waals surface area contributed by atoms with Gasteiger partial charge in [-0.1, -0.05) is 251 Å². The Morgan fingerprint density at radius 1 is 0.358 bits per heavy atom. The molecule has 15 rings (SSSR count). The molecule has 95 heavy (non-hydrogen) atoms. The fraction of sp³-hybridized carbons (Fsp3) is 0.286. The van der Waals surface area contributed by atoms with E-state index in [4.69, 9.17) is 30.1 Å². The van der Waals surface area contributed by atoms with Crippen LogP contribution in [-0.4, -0.2) is 40.2 Å². The van der Waals surface area contributed by atoms with Crippen LogP contribution in [0.2, 0.25) is 0 Å². The van der Waals surface area contributed by atoms with E-state index in [2.05, 4.69) is 241 Å². The molecule has 0 radical (unpaired) electrons. The minimum Gasteiger partial charge on any atom is -0.507 e. The van der Waals surface area contributed by atoms with Crippen LogP contribution >= 0.6 is 0 Å². The number of hydrogen-bond donors (Lipinski definition) is 2. The van der Waals surface area contributed by atoms with Gasteiger partial charge in [0.2, 0.25) is 0 Å². The summed E-state index contributed by atoms with van der Waals surface area (Å²) in [6, 6.07) is 57.5. The minimum absolute atomic E-state index is 0. The van der Waals surface area contributed by atoms with Crippen molar-refractivity contribution in [3.8, 4) is 23.0 Å². The molecule has 0 saturated carbocycles. The number of benzene rings is 12. The molecule has 0 aliphatic heterocycles. The monoisotopic (exact) mass is 1350 g/mol. The smallest absolute Gasteiger partial charge is 0.134 e. The quantitative estimate of drug-likeness (QED) is 0.103. The summed E-state index contributed by atoms with van der Waals surface area (Å²) in [5.41, 5.74) is 14.0. The second-order valence-corrected chi connectivity index (χ2v) is 30.8. The number of phenols is 2. The molecule has 0 amide bonds. The number of aromatic hydroxyl groups is 2. The number of fused-ring (bicyclic) bond motifs is 8. The first-order valence-corrected chi connectivity index (χ1v) is 33.2. The van der Waals surface area contributed by atoms with E-state index >= 15 is 0 Å². The van der Waals surface area contributed by atoms with E-state index in [1.54, 1.807) is 0 Å². The van der Waals surface area contributed by atoms with Gasteiger partial charge in [-0.3, -0.25) is 0 Å². The molecule has 0 fully saturated rings. The average Bonchev–Trinajstić information content (AvgIpc) is 0.960. The van der Waals surface area contributed by atoms with E-state index in [0.29, 0.717) is 61.7 Å². The van der Waals surface area contributed by atoms with E-state index < -0.39 is 0 Å². The summed E-state index contributed by atoms with van der Waals surface area (Å²) in [7, 11) is 0. The topological polar surface area (TPSA) is 120 Å². The van der Waals surface area contributed by atoms with Crippen LogP contribution in [0.1, 0.15) is 172 Å². The van der Waals surface area contributed by atoms with E-state index in [0.717, 1.165) is 77.9 Å². The summed E-state index contributed by atoms with van der Waals surface area (Å²) in [5, 5.41) is 60.0. The molecular formula is C84H82CdN6O4. The summed E-state index contributed by atoms with van der Waals surface area (Å²) < 4.78 is 18.3. The fourth-order valence-corrected chi connectivity index (χ4v) is 14.5. The molecule has 0 saturated heterocycles. The van der Waals surface area contributed by atoms with Gasteiger partial charge in [0.05, 0.1) is 25.5 Å². The third kappa shape index (κ3) is 12.0. The van der Waals surface area contributed by atoms with Crippen molar-refractivity contribution >= 4 is 64.6 Å². The van der Waals surface area contributed by atoms with Gasteiger partial charge in [0.1, 0.15) is 47.6 Å². The molecule has 0 unspecified atom stereocenters. The van der Waals surface area contributed by atoms with Gasteiger partial charge in [-0.25, -0.2) is 9.36 Å². The van der Waals surface area contributed by atoms with Crippen LogP contribution in [-0.2, 0) is 101 Å². The molecule has 10 nitrogen and oxygen atoms in total. The molecule has 14 aromatic rings. The van der Waals surface area contributed by atoms with Crippen LogP contribution in [0.4, 0.5) is 0 Å². The molecule has 1 aliphatic rings. The molecule has 0 spiro atoms. The van der Waals surface area contributed by atoms with Gasteiger partial charge in [0.15, 0.2) is 0 Å². The first-order valence-electron chi connectivity index (χ1n) is 33.2. The van der Waals surface area contributed by atoms with Crippen molar-refractivity contribution < 1.29 is 47.0 Å². The van der Waals surface area contributed by atoms with Crippen LogP contribution in [0.25, 0.3) is 64.6 Å². The van der Waals surface area contributed by atoms with Crippen molar-refractivity contribution in [2.45, 2.75) is 157 Å². The van der Waals surface area contributed by atoms with Gasteiger partial charge in [0, 0.05) is 53.0 Å². The van der Waals surface area contributed by atoms with Gasteiger partial charge in [-0.15, -0.1) is 10.2 Å². The first kappa shape index (κ1) is 63.5. The molecular weight excluding hydrogens is 1270 g/mol. The number of phenolic OH excluding ortho intramolecular Hbond substituents is 2. The molecule has 12 aromatic carbocycles. The van der Waals surface area contributed by atoms with Crippen LogP contribution in [0, 0.1) is 0 Å². The van der Waals surface area contributed by atoms with Crippen molar-refractivity contribution in [3.05, 3.63) is 259 Å². The first-order chi connectivity index (χ1) is 44.8. The number of aromatic nitrogens is 6. The maximum atomic E-state index is 13.1. The molecule has 11 heteroatoms. The minimum atomic E-state index is -0.272. The Morgan fingerprint density at radius 3 is 0.937 bits per heavy atom. The van der Waals surface area contributed by atoms with Gasteiger partial charge in [-0.2, -0.15) is 0 Å². The van der Waals surface area contributed by atoms with Gasteiger partial charge in [0.25, 0.3) is 0 Å². The van der Waals surface area contributed by atoms with Gasteiger partial charge < -0.3 is 19.7 Å². The summed E-state index contributed by atoms with van der Waals surface area (Å²) in [4.78, 5) is 0. The molecule has 0 atom stereocenters. The second kappa shape index (κ2) is 23.8. The van der Waals surface area contributed by atoms with Crippen molar-refractivity contribution in [1.29, 1.82) is 0 Å². The molecule has 1 aliphatic carbocycles. The van der Waals surface area contributed by atoms with Crippen molar-refractivity contribution in [3.63, 3.8) is 0 Å². The SMILES string of the molecule is CC(C)(C)c1cc2c(O)c(c1)Cc1cc(C(C)(C)C)cc(c1OCc1cn(Cc3ccc4ccc5cccc6ccc3c4c56)nn1)Cc1cc(C(C)(C)C)cc(c1O)Cc1cc(C(C)(C)C)cc(c1OCc1cn(Cc3ccc4ccc5cccc6ccc3c4c56)nn1)C2.[Cd]. The zero-order chi connectivity index (χ0) is 65.3. The van der Waals surface area contributed by atoms with Crippen LogP contribution in [0.5, 0.6) is 23.0 Å². The Labute approximate surface area is 576 Å². The molecule has 474 valence electrons. The zero-order valence-electron chi connectivity index (χ0n) is 56.9. The standard InChI is InChI=1S/C84H82N6O4.Cd/c1-81(2,3)65-35-57-31-61-39-67(83(7,8)9)41-63(79(61)93-47-69-45-89(87-85-69)43-55-25-23-53-21-19-49-15-13-17-51-27-29-71(55)75(53)73(49)51)33-59-37-66(82(4,5)6)38-60(78(59)92)34-64-42-68(84(10,11)12)40-62(32-58(36-65)77(57)91)80(64)94-48-70-46-90(88-86-70)44-56-26-24-54-22-20-50-16-14-18-52-28-30-72(56)76(54)74(50)52;/h13-30,35-42,45-46,91-92H,31-34,43-44,47-48H2,1-12H3;. The van der Waals surface area contributed by atoms with E-state index in [9.17, 15) is 10.2 Å². The van der Waals surface area contributed by atoms with Crippen molar-refractivity contribution in [1.82, 2.24) is 30.0 Å². The van der Waals surface area contributed by atoms with Crippen LogP contribution in [0.15, 0.2) is 170 Å². The Morgan fingerprint density at radius 2 is 0.632 bits per heavy atom. The zero-order valence-corrected chi connectivity index (χ0v) is 61.0. The average molecular weight is 1350 g/mol. The number of nitrogens with zero attached hydrogens (tertiary/aromatic N) is 6. The summed E-state index contributed by atoms with van der Waals surface area (Å²) in [5.74, 6) is 1.89. The number of hydrogen-bond acceptors (Lipinski definition) is 8. The van der Waals surface area contributed by atoms with Gasteiger partial charge >= 0.3 is 0 Å². The van der Waals surface area contributed by atoms with E-state index in [1.807, 2.05) is 21.8 Å². The van der Waals surface area contributed by atoms with Crippen molar-refractivity contribution in [2.75, 3.05) is 0 Å². The molecule has 2 N–H and O–H groups in total. The Kier molecular flexibility index (Phi) is 15.9. The molecule has 2 heterocycles. The molecule has 2 aromatic heterocycles. The maximum absolute atomic E-state index is 13.1. The third-order valence-corrected chi connectivity index (χ3v) is 19.8. The molecule has 8 bridgehead atoms. The Hall–Kier alpha value is -8.88. The number of rotatable bonds is 10. The second-order valence-electron chi connectivity index (χ2n) is 30.8. The van der Waals surface area contributed by atoms with Crippen molar-refractivity contribution in [2.24, 2.45) is 0 Å². The Balaban J connectivity index is 0.00000778. The van der Waals surface area contributed by atoms with E-state index in [-0.39, 0.29) is 73.7 Å². The predicted octanol–water partition coefficient (Wildman–Crippen LogP) is 19.2. The fourth-order valence-electron chi connectivity index (χ4n) is 14.5. The van der Waals surface area contributed by atoms with Crippen LogP contribution in [0.3, 0.4) is 0 Å². The van der Waals surface area contributed by atoms with Crippen LogP contribution < -0.4 is 9.47 Å². The summed E-state index contributed by atoms with van der Waals surface area (Å²) in [6.07, 6.45) is 5.47. The predicted molar refractivity (Wildman–Crippen MR) is 382 cm³/mol. The summed E-state index contributed by atoms with van der Waals surface area (Å²) in [6.45, 7) is 28.2. The van der Waals surface area contributed by atoms with E-state index in [1.165, 1.54) is 64.6 Å². The maximum Gasteiger partial charge on any atom is 0.134 e.